The molecule has 0 aromatic heterocycles. The number of nitrogens with one attached hydrogen (secondary N) is 1. The van der Waals surface area contributed by atoms with E-state index in [-0.39, 0.29) is 12.1 Å². The molecule has 4 heteroatoms. The SMILES string of the molecule is CC(CN)N(C)C(=O)Nc1cccc2ccccc12. The molecule has 0 spiro atoms. The molecular formula is C15H19N3O. The first-order valence-corrected chi connectivity index (χ1v) is 6.35. The van der Waals surface area contributed by atoms with Crippen molar-refractivity contribution in [1.29, 1.82) is 0 Å². The normalized spacial score (nSPS) is 12.2. The molecule has 19 heavy (non-hydrogen) atoms. The number of nitrogens with zero attached hydrogens (tertiary/aromatic N) is 1. The highest BCUT2D eigenvalue weighted by atomic mass is 16.2. The second-order valence-corrected chi connectivity index (χ2v) is 4.65. The fourth-order valence-electron chi connectivity index (χ4n) is 1.90. The molecule has 0 aliphatic carbocycles. The highest BCUT2D eigenvalue weighted by molar-refractivity contribution is 6.01. The summed E-state index contributed by atoms with van der Waals surface area (Å²) in [7, 11) is 1.75. The summed E-state index contributed by atoms with van der Waals surface area (Å²) in [5.74, 6) is 0. The molecule has 0 heterocycles. The van der Waals surface area contributed by atoms with Gasteiger partial charge in [-0.3, -0.25) is 0 Å². The van der Waals surface area contributed by atoms with Crippen LogP contribution in [0.5, 0.6) is 0 Å². The third-order valence-electron chi connectivity index (χ3n) is 3.35. The maximum atomic E-state index is 12.1. The molecule has 1 unspecified atom stereocenters. The van der Waals surface area contributed by atoms with Gasteiger partial charge in [-0.2, -0.15) is 0 Å². The first-order chi connectivity index (χ1) is 9.13. The molecule has 0 aliphatic heterocycles. The molecule has 2 amide bonds. The van der Waals surface area contributed by atoms with Crippen LogP contribution in [0.3, 0.4) is 0 Å². The second kappa shape index (κ2) is 5.71. The molecule has 2 rings (SSSR count). The first kappa shape index (κ1) is 13.4. The predicted octanol–water partition coefficient (Wildman–Crippen LogP) is 2.65. The van der Waals surface area contributed by atoms with Gasteiger partial charge in [0.25, 0.3) is 0 Å². The average molecular weight is 257 g/mol. The van der Waals surface area contributed by atoms with Gasteiger partial charge in [-0.1, -0.05) is 36.4 Å². The standard InChI is InChI=1S/C15H19N3O/c1-11(10-16)18(2)15(19)17-14-9-5-7-12-6-3-4-8-13(12)14/h3-9,11H,10,16H2,1-2H3,(H,17,19). The minimum absolute atomic E-state index is 0.00924. The Hall–Kier alpha value is -2.07. The lowest BCUT2D eigenvalue weighted by molar-refractivity contribution is 0.209. The Balaban J connectivity index is 2.24. The van der Waals surface area contributed by atoms with Gasteiger partial charge in [-0.05, 0) is 18.4 Å². The van der Waals surface area contributed by atoms with Crippen LogP contribution in [0.25, 0.3) is 10.8 Å². The Labute approximate surface area is 113 Å². The molecule has 2 aromatic carbocycles. The average Bonchev–Trinajstić information content (AvgIpc) is 2.46. The van der Waals surface area contributed by atoms with Crippen molar-refractivity contribution in [2.75, 3.05) is 18.9 Å². The van der Waals surface area contributed by atoms with E-state index in [0.29, 0.717) is 6.54 Å². The van der Waals surface area contributed by atoms with Gasteiger partial charge < -0.3 is 16.0 Å². The minimum Gasteiger partial charge on any atom is -0.328 e. The van der Waals surface area contributed by atoms with Crippen LogP contribution in [0.1, 0.15) is 6.92 Å². The molecule has 1 atom stereocenters. The van der Waals surface area contributed by atoms with Crippen molar-refractivity contribution in [2.24, 2.45) is 5.73 Å². The summed E-state index contributed by atoms with van der Waals surface area (Å²) in [6.45, 7) is 2.36. The molecular weight excluding hydrogens is 238 g/mol. The van der Waals surface area contributed by atoms with Crippen LogP contribution < -0.4 is 11.1 Å². The van der Waals surface area contributed by atoms with Crippen molar-refractivity contribution >= 4 is 22.5 Å². The van der Waals surface area contributed by atoms with E-state index in [4.69, 9.17) is 5.73 Å². The van der Waals surface area contributed by atoms with Crippen molar-refractivity contribution in [3.8, 4) is 0 Å². The van der Waals surface area contributed by atoms with Gasteiger partial charge in [0, 0.05) is 25.0 Å². The zero-order chi connectivity index (χ0) is 13.8. The molecule has 0 aliphatic rings. The minimum atomic E-state index is -0.144. The molecule has 100 valence electrons. The molecule has 0 saturated heterocycles. The topological polar surface area (TPSA) is 58.4 Å². The Bertz CT molecular complexity index is 577. The lowest BCUT2D eigenvalue weighted by Gasteiger charge is -2.24. The van der Waals surface area contributed by atoms with Gasteiger partial charge in [0.1, 0.15) is 0 Å². The lowest BCUT2D eigenvalue weighted by Crippen LogP contribution is -2.42. The quantitative estimate of drug-likeness (QED) is 0.888. The number of rotatable bonds is 3. The van der Waals surface area contributed by atoms with Crippen LogP contribution in [0.15, 0.2) is 42.5 Å². The summed E-state index contributed by atoms with van der Waals surface area (Å²) >= 11 is 0. The van der Waals surface area contributed by atoms with Crippen molar-refractivity contribution in [1.82, 2.24) is 4.90 Å². The van der Waals surface area contributed by atoms with E-state index < -0.39 is 0 Å². The van der Waals surface area contributed by atoms with Gasteiger partial charge in [0.2, 0.25) is 0 Å². The summed E-state index contributed by atoms with van der Waals surface area (Å²) in [5, 5.41) is 5.07. The van der Waals surface area contributed by atoms with E-state index in [1.807, 2.05) is 49.4 Å². The number of hydrogen-bond acceptors (Lipinski definition) is 2. The molecule has 4 nitrogen and oxygen atoms in total. The van der Waals surface area contributed by atoms with Crippen molar-refractivity contribution < 1.29 is 4.79 Å². The Morgan fingerprint density at radius 3 is 2.68 bits per heavy atom. The number of likely N-dealkylation sites (N-methyl/N-ethyl adjacent to an activating group) is 1. The lowest BCUT2D eigenvalue weighted by atomic mass is 10.1. The zero-order valence-corrected chi connectivity index (χ0v) is 11.3. The molecule has 0 radical (unpaired) electrons. The van der Waals surface area contributed by atoms with Crippen LogP contribution in [-0.2, 0) is 0 Å². The third kappa shape index (κ3) is 2.85. The van der Waals surface area contributed by atoms with Crippen LogP contribution in [0, 0.1) is 0 Å². The van der Waals surface area contributed by atoms with Crippen molar-refractivity contribution in [3.63, 3.8) is 0 Å². The van der Waals surface area contributed by atoms with E-state index in [1.54, 1.807) is 11.9 Å². The van der Waals surface area contributed by atoms with Crippen LogP contribution in [0.4, 0.5) is 10.5 Å². The summed E-state index contributed by atoms with van der Waals surface area (Å²) < 4.78 is 0. The van der Waals surface area contributed by atoms with Crippen LogP contribution >= 0.6 is 0 Å². The van der Waals surface area contributed by atoms with Crippen molar-refractivity contribution in [3.05, 3.63) is 42.5 Å². The second-order valence-electron chi connectivity index (χ2n) is 4.65. The maximum absolute atomic E-state index is 12.1. The number of urea groups is 1. The first-order valence-electron chi connectivity index (χ1n) is 6.35. The number of hydrogen-bond donors (Lipinski definition) is 2. The zero-order valence-electron chi connectivity index (χ0n) is 11.3. The number of nitrogens with two attached hydrogens (primary N) is 1. The summed E-state index contributed by atoms with van der Waals surface area (Å²) in [4.78, 5) is 13.7. The molecule has 2 aromatic rings. The van der Waals surface area contributed by atoms with E-state index in [2.05, 4.69) is 5.32 Å². The summed E-state index contributed by atoms with van der Waals surface area (Å²) in [6.07, 6.45) is 0. The molecule has 3 N–H and O–H groups in total. The number of carbonyl (C=O) groups excluding carboxylic acids is 1. The van der Waals surface area contributed by atoms with Gasteiger partial charge in [0.05, 0.1) is 5.69 Å². The highest BCUT2D eigenvalue weighted by Crippen LogP contribution is 2.23. The molecule has 0 saturated carbocycles. The van der Waals surface area contributed by atoms with Crippen LogP contribution in [-0.4, -0.2) is 30.6 Å². The van der Waals surface area contributed by atoms with Gasteiger partial charge in [-0.15, -0.1) is 0 Å². The predicted molar refractivity (Wildman–Crippen MR) is 79.2 cm³/mol. The smallest absolute Gasteiger partial charge is 0.321 e. The summed E-state index contributed by atoms with van der Waals surface area (Å²) in [6, 6.07) is 13.7. The maximum Gasteiger partial charge on any atom is 0.321 e. The number of amides is 2. The third-order valence-corrected chi connectivity index (χ3v) is 3.35. The van der Waals surface area contributed by atoms with Gasteiger partial charge in [-0.25, -0.2) is 4.79 Å². The monoisotopic (exact) mass is 257 g/mol. The molecule has 0 bridgehead atoms. The van der Waals surface area contributed by atoms with E-state index in [1.165, 1.54) is 0 Å². The van der Waals surface area contributed by atoms with Gasteiger partial charge in [0.15, 0.2) is 0 Å². The van der Waals surface area contributed by atoms with Crippen molar-refractivity contribution in [2.45, 2.75) is 13.0 Å². The van der Waals surface area contributed by atoms with E-state index in [0.717, 1.165) is 16.5 Å². The molecule has 0 fully saturated rings. The van der Waals surface area contributed by atoms with E-state index in [9.17, 15) is 4.79 Å². The van der Waals surface area contributed by atoms with Gasteiger partial charge >= 0.3 is 6.03 Å². The number of carbonyl (C=O) groups is 1. The Kier molecular flexibility index (Phi) is 4.02. The summed E-state index contributed by atoms with van der Waals surface area (Å²) in [5.41, 5.74) is 6.39. The Morgan fingerprint density at radius 2 is 1.95 bits per heavy atom. The number of fused-ring (bicyclic) bond motifs is 1. The fourth-order valence-corrected chi connectivity index (χ4v) is 1.90. The van der Waals surface area contributed by atoms with Crippen LogP contribution in [0.2, 0.25) is 0 Å². The number of benzene rings is 2. The van der Waals surface area contributed by atoms with E-state index >= 15 is 0 Å². The number of anilines is 1. The largest absolute Gasteiger partial charge is 0.328 e. The Morgan fingerprint density at radius 1 is 1.26 bits per heavy atom. The highest BCUT2D eigenvalue weighted by Gasteiger charge is 2.14. The fraction of sp³-hybridized carbons (Fsp3) is 0.267.